The first-order chi connectivity index (χ1) is 7.04. The van der Waals surface area contributed by atoms with E-state index in [1.807, 2.05) is 18.2 Å². The van der Waals surface area contributed by atoms with E-state index in [9.17, 15) is 0 Å². The fourth-order valence-corrected chi connectivity index (χ4v) is 1.87. The van der Waals surface area contributed by atoms with Crippen molar-refractivity contribution in [3.63, 3.8) is 0 Å². The number of nitrogens with zero attached hydrogens (tertiary/aromatic N) is 1. The van der Waals surface area contributed by atoms with Crippen LogP contribution in [-0.2, 0) is 5.41 Å². The number of aromatic nitrogens is 2. The minimum atomic E-state index is -0.113. The number of fused-ring (bicyclic) bond motifs is 1. The summed E-state index contributed by atoms with van der Waals surface area (Å²) in [5.41, 5.74) is 7.62. The number of rotatable bonds is 2. The van der Waals surface area contributed by atoms with Crippen LogP contribution in [0, 0.1) is 0 Å². The van der Waals surface area contributed by atoms with Crippen molar-refractivity contribution in [3.05, 3.63) is 28.5 Å². The van der Waals surface area contributed by atoms with Crippen LogP contribution in [0.15, 0.2) is 22.7 Å². The molecule has 0 aliphatic rings. The molecule has 0 radical (unpaired) electrons. The monoisotopic (exact) mass is 267 g/mol. The minimum absolute atomic E-state index is 0.113. The van der Waals surface area contributed by atoms with Gasteiger partial charge in [0.15, 0.2) is 0 Å². The van der Waals surface area contributed by atoms with Crippen LogP contribution < -0.4 is 5.73 Å². The molecule has 0 amide bonds. The van der Waals surface area contributed by atoms with Crippen molar-refractivity contribution in [1.29, 1.82) is 0 Å². The van der Waals surface area contributed by atoms with E-state index >= 15 is 0 Å². The second kappa shape index (κ2) is 3.61. The summed E-state index contributed by atoms with van der Waals surface area (Å²) in [5.74, 6) is 0.937. The van der Waals surface area contributed by atoms with E-state index in [4.69, 9.17) is 5.73 Å². The first kappa shape index (κ1) is 10.6. The highest BCUT2D eigenvalue weighted by molar-refractivity contribution is 9.10. The van der Waals surface area contributed by atoms with E-state index in [0.717, 1.165) is 21.3 Å². The third-order valence-corrected chi connectivity index (χ3v) is 3.25. The number of imidazole rings is 1. The fourth-order valence-electron chi connectivity index (χ4n) is 1.41. The van der Waals surface area contributed by atoms with E-state index in [2.05, 4.69) is 39.7 Å². The Morgan fingerprint density at radius 2 is 2.20 bits per heavy atom. The maximum absolute atomic E-state index is 5.73. The van der Waals surface area contributed by atoms with Crippen LogP contribution in [0.3, 0.4) is 0 Å². The van der Waals surface area contributed by atoms with Gasteiger partial charge in [-0.25, -0.2) is 4.98 Å². The average molecular weight is 268 g/mol. The lowest BCUT2D eigenvalue weighted by atomic mass is 9.93. The van der Waals surface area contributed by atoms with Crippen molar-refractivity contribution >= 4 is 27.0 Å². The van der Waals surface area contributed by atoms with E-state index in [1.165, 1.54) is 0 Å². The number of benzene rings is 1. The number of aromatic amines is 1. The summed E-state index contributed by atoms with van der Waals surface area (Å²) in [6, 6.07) is 6.00. The van der Waals surface area contributed by atoms with E-state index in [1.54, 1.807) is 0 Å². The van der Waals surface area contributed by atoms with Gasteiger partial charge in [0.25, 0.3) is 0 Å². The normalized spacial score (nSPS) is 12.3. The number of nitrogens with one attached hydrogen (secondary N) is 1. The van der Waals surface area contributed by atoms with Crippen molar-refractivity contribution in [1.82, 2.24) is 9.97 Å². The Morgan fingerprint density at radius 1 is 1.47 bits per heavy atom. The average Bonchev–Trinajstić information content (AvgIpc) is 2.64. The van der Waals surface area contributed by atoms with Crippen LogP contribution in [-0.4, -0.2) is 16.5 Å². The lowest BCUT2D eigenvalue weighted by Crippen LogP contribution is -2.29. The zero-order valence-corrected chi connectivity index (χ0v) is 10.4. The van der Waals surface area contributed by atoms with Crippen LogP contribution in [0.2, 0.25) is 0 Å². The molecule has 0 fully saturated rings. The molecular formula is C11H14BrN3. The molecule has 0 aliphatic carbocycles. The second-order valence-electron chi connectivity index (χ2n) is 4.31. The third kappa shape index (κ3) is 1.79. The maximum atomic E-state index is 5.73. The molecule has 0 aliphatic heterocycles. The largest absolute Gasteiger partial charge is 0.341 e. The molecule has 1 aromatic carbocycles. The van der Waals surface area contributed by atoms with Crippen LogP contribution in [0.1, 0.15) is 19.7 Å². The molecule has 0 saturated carbocycles. The van der Waals surface area contributed by atoms with Crippen molar-refractivity contribution in [2.75, 3.05) is 6.54 Å². The molecule has 1 aromatic heterocycles. The van der Waals surface area contributed by atoms with Gasteiger partial charge in [-0.05, 0) is 28.1 Å². The number of hydrogen-bond acceptors (Lipinski definition) is 2. The van der Waals surface area contributed by atoms with Crippen LogP contribution in [0.4, 0.5) is 0 Å². The number of hydrogen-bond donors (Lipinski definition) is 2. The van der Waals surface area contributed by atoms with E-state index in [-0.39, 0.29) is 5.41 Å². The Hall–Kier alpha value is -0.870. The van der Waals surface area contributed by atoms with Crippen LogP contribution in [0.5, 0.6) is 0 Å². The molecule has 0 bridgehead atoms. The Morgan fingerprint density at radius 3 is 2.80 bits per heavy atom. The smallest absolute Gasteiger partial charge is 0.114 e. The zero-order valence-electron chi connectivity index (χ0n) is 8.84. The second-order valence-corrected chi connectivity index (χ2v) is 5.16. The standard InChI is InChI=1S/C11H14BrN3/c1-11(2,6-13)10-14-8-5-3-4-7(12)9(8)15-10/h3-5H,6,13H2,1-2H3,(H,14,15). The molecule has 0 saturated heterocycles. The molecule has 1 heterocycles. The van der Waals surface area contributed by atoms with Crippen molar-refractivity contribution in [3.8, 4) is 0 Å². The zero-order chi connectivity index (χ0) is 11.1. The van der Waals surface area contributed by atoms with Gasteiger partial charge in [0.05, 0.1) is 5.52 Å². The fraction of sp³-hybridized carbons (Fsp3) is 0.364. The van der Waals surface area contributed by atoms with E-state index < -0.39 is 0 Å². The lowest BCUT2D eigenvalue weighted by molar-refractivity contribution is 0.509. The molecule has 4 heteroatoms. The Bertz CT molecular complexity index is 488. The van der Waals surface area contributed by atoms with Crippen molar-refractivity contribution < 1.29 is 0 Å². The first-order valence-corrected chi connectivity index (χ1v) is 5.69. The quantitative estimate of drug-likeness (QED) is 0.879. The number of H-pyrrole nitrogens is 1. The molecule has 80 valence electrons. The summed E-state index contributed by atoms with van der Waals surface area (Å²) in [6.07, 6.45) is 0. The van der Waals surface area contributed by atoms with Crippen molar-refractivity contribution in [2.24, 2.45) is 5.73 Å². The summed E-state index contributed by atoms with van der Waals surface area (Å²) < 4.78 is 1.01. The highest BCUT2D eigenvalue weighted by Crippen LogP contribution is 2.26. The Labute approximate surface area is 97.2 Å². The molecule has 15 heavy (non-hydrogen) atoms. The van der Waals surface area contributed by atoms with Gasteiger partial charge in [-0.1, -0.05) is 19.9 Å². The lowest BCUT2D eigenvalue weighted by Gasteiger charge is -2.18. The highest BCUT2D eigenvalue weighted by atomic mass is 79.9. The molecule has 0 unspecified atom stereocenters. The molecule has 0 atom stereocenters. The first-order valence-electron chi connectivity index (χ1n) is 4.89. The van der Waals surface area contributed by atoms with Gasteiger partial charge < -0.3 is 10.7 Å². The molecule has 3 N–H and O–H groups in total. The topological polar surface area (TPSA) is 54.7 Å². The summed E-state index contributed by atoms with van der Waals surface area (Å²) in [5, 5.41) is 0. The number of halogens is 1. The predicted molar refractivity (Wildman–Crippen MR) is 65.9 cm³/mol. The summed E-state index contributed by atoms with van der Waals surface area (Å²) in [4.78, 5) is 7.88. The number of para-hydroxylation sites is 1. The van der Waals surface area contributed by atoms with Crippen LogP contribution >= 0.6 is 15.9 Å². The minimum Gasteiger partial charge on any atom is -0.341 e. The summed E-state index contributed by atoms with van der Waals surface area (Å²) >= 11 is 3.49. The van der Waals surface area contributed by atoms with Crippen molar-refractivity contribution in [2.45, 2.75) is 19.3 Å². The number of nitrogens with two attached hydrogens (primary N) is 1. The summed E-state index contributed by atoms with van der Waals surface area (Å²) in [7, 11) is 0. The third-order valence-electron chi connectivity index (χ3n) is 2.61. The molecule has 2 rings (SSSR count). The molecular weight excluding hydrogens is 254 g/mol. The van der Waals surface area contributed by atoms with Gasteiger partial charge in [0.1, 0.15) is 11.3 Å². The van der Waals surface area contributed by atoms with Gasteiger partial charge in [-0.15, -0.1) is 0 Å². The molecule has 3 nitrogen and oxygen atoms in total. The highest BCUT2D eigenvalue weighted by Gasteiger charge is 2.22. The van der Waals surface area contributed by atoms with E-state index in [0.29, 0.717) is 6.54 Å². The van der Waals surface area contributed by atoms with Crippen LogP contribution in [0.25, 0.3) is 11.0 Å². The molecule has 2 aromatic rings. The van der Waals surface area contributed by atoms with Gasteiger partial charge in [-0.3, -0.25) is 0 Å². The Balaban J connectivity index is 2.62. The Kier molecular flexibility index (Phi) is 2.56. The van der Waals surface area contributed by atoms with Gasteiger partial charge in [0, 0.05) is 16.4 Å². The van der Waals surface area contributed by atoms with Gasteiger partial charge in [0.2, 0.25) is 0 Å². The molecule has 0 spiro atoms. The summed E-state index contributed by atoms with van der Waals surface area (Å²) in [6.45, 7) is 4.74. The SMILES string of the molecule is CC(C)(CN)c1nc2c(Br)cccc2[nH]1. The maximum Gasteiger partial charge on any atom is 0.114 e. The van der Waals surface area contributed by atoms with Gasteiger partial charge >= 0.3 is 0 Å². The van der Waals surface area contributed by atoms with Gasteiger partial charge in [-0.2, -0.15) is 0 Å². The predicted octanol–water partition coefficient (Wildman–Crippen LogP) is 2.56.